The monoisotopic (exact) mass is 419 g/mol. The highest BCUT2D eigenvalue weighted by atomic mass is 32.2. The van der Waals surface area contributed by atoms with E-state index in [1.54, 1.807) is 0 Å². The molecule has 0 radical (unpaired) electrons. The fourth-order valence-electron chi connectivity index (χ4n) is 4.69. The summed E-state index contributed by atoms with van der Waals surface area (Å²) < 4.78 is 1.86. The first kappa shape index (κ1) is 19.4. The van der Waals surface area contributed by atoms with Crippen LogP contribution in [0, 0.1) is 0 Å². The molecule has 1 aromatic heterocycles. The highest BCUT2D eigenvalue weighted by Gasteiger charge is 2.30. The summed E-state index contributed by atoms with van der Waals surface area (Å²) >= 11 is 1.42. The summed E-state index contributed by atoms with van der Waals surface area (Å²) in [7, 11) is 0. The number of anilines is 1. The van der Waals surface area contributed by atoms with Crippen molar-refractivity contribution in [2.75, 3.05) is 11.4 Å². The predicted molar refractivity (Wildman–Crippen MR) is 121 cm³/mol. The van der Waals surface area contributed by atoms with E-state index < -0.39 is 0 Å². The zero-order valence-corrected chi connectivity index (χ0v) is 17.9. The van der Waals surface area contributed by atoms with E-state index in [-0.39, 0.29) is 22.8 Å². The molecule has 1 aliphatic carbocycles. The van der Waals surface area contributed by atoms with E-state index in [9.17, 15) is 9.59 Å². The van der Waals surface area contributed by atoms with Crippen LogP contribution in [0.5, 0.6) is 0 Å². The predicted octanol–water partition coefficient (Wildman–Crippen LogP) is 4.58. The lowest BCUT2D eigenvalue weighted by Gasteiger charge is -2.23. The maximum absolute atomic E-state index is 13.3. The van der Waals surface area contributed by atoms with E-state index in [0.29, 0.717) is 22.6 Å². The number of benzene rings is 2. The highest BCUT2D eigenvalue weighted by molar-refractivity contribution is 8.00. The van der Waals surface area contributed by atoms with Crippen molar-refractivity contribution in [3.8, 4) is 0 Å². The summed E-state index contributed by atoms with van der Waals surface area (Å²) in [6.07, 6.45) is 5.14. The van der Waals surface area contributed by atoms with Gasteiger partial charge in [-0.15, -0.1) is 0 Å². The minimum Gasteiger partial charge on any atom is -0.311 e. The van der Waals surface area contributed by atoms with Gasteiger partial charge in [0.2, 0.25) is 5.91 Å². The molecular formula is C24H25N3O2S. The third-order valence-corrected chi connectivity index (χ3v) is 7.30. The lowest BCUT2D eigenvalue weighted by atomic mass is 10.2. The van der Waals surface area contributed by atoms with Gasteiger partial charge in [-0.1, -0.05) is 54.9 Å². The highest BCUT2D eigenvalue weighted by Crippen LogP contribution is 2.35. The summed E-state index contributed by atoms with van der Waals surface area (Å²) in [6, 6.07) is 15.8. The molecule has 30 heavy (non-hydrogen) atoms. The number of carbonyl (C=O) groups is 1. The fourth-order valence-corrected chi connectivity index (χ4v) is 5.73. The van der Waals surface area contributed by atoms with Gasteiger partial charge in [-0.3, -0.25) is 14.2 Å². The van der Waals surface area contributed by atoms with Crippen molar-refractivity contribution >= 4 is 34.3 Å². The number of para-hydroxylation sites is 2. The number of aromatic nitrogens is 2. The van der Waals surface area contributed by atoms with Crippen LogP contribution in [0.1, 0.15) is 44.2 Å². The molecule has 5 rings (SSSR count). The van der Waals surface area contributed by atoms with Crippen molar-refractivity contribution in [2.45, 2.75) is 55.5 Å². The van der Waals surface area contributed by atoms with E-state index in [0.717, 1.165) is 37.8 Å². The average molecular weight is 420 g/mol. The zero-order chi connectivity index (χ0) is 20.7. The molecule has 1 saturated carbocycles. The summed E-state index contributed by atoms with van der Waals surface area (Å²) in [4.78, 5) is 33.3. The Balaban J connectivity index is 1.49. The van der Waals surface area contributed by atoms with Crippen molar-refractivity contribution in [3.63, 3.8) is 0 Å². The molecule has 0 saturated heterocycles. The summed E-state index contributed by atoms with van der Waals surface area (Å²) in [5, 5.41) is 0.997. The molecule has 154 valence electrons. The van der Waals surface area contributed by atoms with Crippen molar-refractivity contribution < 1.29 is 4.79 Å². The van der Waals surface area contributed by atoms with Crippen LogP contribution in [0.4, 0.5) is 5.69 Å². The number of nitrogens with zero attached hydrogens (tertiary/aromatic N) is 3. The van der Waals surface area contributed by atoms with E-state index in [1.807, 2.05) is 58.9 Å². The Hall–Kier alpha value is -2.60. The second-order valence-electron chi connectivity index (χ2n) is 8.15. The van der Waals surface area contributed by atoms with Crippen molar-refractivity contribution in [1.29, 1.82) is 0 Å². The SMILES string of the molecule is CC(Sc1nc2ccccc2c(=O)n1C1CCCC1)C(=O)N1CCc2ccccc21. The van der Waals surface area contributed by atoms with Gasteiger partial charge in [0.15, 0.2) is 5.16 Å². The summed E-state index contributed by atoms with van der Waals surface area (Å²) in [6.45, 7) is 2.64. The number of amides is 1. The molecule has 2 aromatic carbocycles. The van der Waals surface area contributed by atoms with Gasteiger partial charge in [-0.25, -0.2) is 4.98 Å². The second kappa shape index (κ2) is 7.91. The molecular weight excluding hydrogens is 394 g/mol. The molecule has 0 N–H and O–H groups in total. The Kier molecular flexibility index (Phi) is 5.11. The lowest BCUT2D eigenvalue weighted by Crippen LogP contribution is -2.36. The first-order chi connectivity index (χ1) is 14.6. The molecule has 0 bridgehead atoms. The van der Waals surface area contributed by atoms with Crippen LogP contribution in [-0.2, 0) is 11.2 Å². The normalized spacial score (nSPS) is 17.4. The molecule has 3 aromatic rings. The van der Waals surface area contributed by atoms with E-state index in [1.165, 1.54) is 17.3 Å². The van der Waals surface area contributed by atoms with Gasteiger partial charge >= 0.3 is 0 Å². The molecule has 5 nitrogen and oxygen atoms in total. The minimum atomic E-state index is -0.322. The van der Waals surface area contributed by atoms with Crippen molar-refractivity contribution in [1.82, 2.24) is 9.55 Å². The molecule has 1 atom stereocenters. The average Bonchev–Trinajstić information content (AvgIpc) is 3.43. The molecule has 0 spiro atoms. The number of hydrogen-bond acceptors (Lipinski definition) is 4. The van der Waals surface area contributed by atoms with Crippen LogP contribution in [0.2, 0.25) is 0 Å². The van der Waals surface area contributed by atoms with Crippen LogP contribution in [0.3, 0.4) is 0 Å². The third-order valence-electron chi connectivity index (χ3n) is 6.25. The van der Waals surface area contributed by atoms with Gasteiger partial charge in [-0.05, 0) is 49.9 Å². The molecule has 6 heteroatoms. The first-order valence-electron chi connectivity index (χ1n) is 10.7. The van der Waals surface area contributed by atoms with Gasteiger partial charge in [0.05, 0.1) is 16.2 Å². The standard InChI is InChI=1S/C24H25N3O2S/c1-16(22(28)26-15-14-17-8-2-7-13-21(17)26)30-24-25-20-12-6-5-11-19(20)23(29)27(24)18-9-3-4-10-18/h2,5-8,11-13,16,18H,3-4,9-10,14-15H2,1H3. The maximum Gasteiger partial charge on any atom is 0.262 e. The van der Waals surface area contributed by atoms with Crippen LogP contribution in [-0.4, -0.2) is 27.3 Å². The smallest absolute Gasteiger partial charge is 0.262 e. The topological polar surface area (TPSA) is 55.2 Å². The molecule has 1 fully saturated rings. The fraction of sp³-hybridized carbons (Fsp3) is 0.375. The quantitative estimate of drug-likeness (QED) is 0.459. The number of thioether (sulfide) groups is 1. The van der Waals surface area contributed by atoms with Crippen LogP contribution >= 0.6 is 11.8 Å². The lowest BCUT2D eigenvalue weighted by molar-refractivity contribution is -0.117. The Morgan fingerprint density at radius 3 is 2.67 bits per heavy atom. The summed E-state index contributed by atoms with van der Waals surface area (Å²) in [5.41, 5.74) is 2.94. The third kappa shape index (κ3) is 3.33. The molecule has 1 amide bonds. The van der Waals surface area contributed by atoms with Gasteiger partial charge in [0.25, 0.3) is 5.56 Å². The van der Waals surface area contributed by atoms with Crippen LogP contribution < -0.4 is 10.5 Å². The molecule has 2 aliphatic rings. The minimum absolute atomic E-state index is 0.0150. The van der Waals surface area contributed by atoms with Gasteiger partial charge in [0.1, 0.15) is 0 Å². The Morgan fingerprint density at radius 1 is 1.10 bits per heavy atom. The Labute approximate surface area is 180 Å². The van der Waals surface area contributed by atoms with E-state index >= 15 is 0 Å². The molecule has 1 unspecified atom stereocenters. The maximum atomic E-state index is 13.3. The van der Waals surface area contributed by atoms with Gasteiger partial charge in [-0.2, -0.15) is 0 Å². The Morgan fingerprint density at radius 2 is 1.83 bits per heavy atom. The van der Waals surface area contributed by atoms with Crippen molar-refractivity contribution in [2.24, 2.45) is 0 Å². The zero-order valence-electron chi connectivity index (χ0n) is 17.1. The number of fused-ring (bicyclic) bond motifs is 2. The number of carbonyl (C=O) groups excluding carboxylic acids is 1. The molecule has 1 aliphatic heterocycles. The van der Waals surface area contributed by atoms with Gasteiger partial charge in [0, 0.05) is 18.3 Å². The van der Waals surface area contributed by atoms with Gasteiger partial charge < -0.3 is 4.90 Å². The number of hydrogen-bond donors (Lipinski definition) is 0. The number of rotatable bonds is 4. The van der Waals surface area contributed by atoms with Crippen LogP contribution in [0.25, 0.3) is 10.9 Å². The summed E-state index contributed by atoms with van der Waals surface area (Å²) in [5.74, 6) is 0.0744. The molecule has 2 heterocycles. The van der Waals surface area contributed by atoms with E-state index in [2.05, 4.69) is 6.07 Å². The largest absolute Gasteiger partial charge is 0.311 e. The van der Waals surface area contributed by atoms with Crippen LogP contribution in [0.15, 0.2) is 58.5 Å². The van der Waals surface area contributed by atoms with E-state index in [4.69, 9.17) is 4.98 Å². The second-order valence-corrected chi connectivity index (χ2v) is 9.46. The Bertz CT molecular complexity index is 1170. The first-order valence-corrected chi connectivity index (χ1v) is 11.6. The van der Waals surface area contributed by atoms with Crippen molar-refractivity contribution in [3.05, 3.63) is 64.4 Å².